The highest BCUT2D eigenvalue weighted by Gasteiger charge is 2.33. The van der Waals surface area contributed by atoms with Gasteiger partial charge in [0.05, 0.1) is 11.3 Å². The van der Waals surface area contributed by atoms with Crippen molar-refractivity contribution in [3.05, 3.63) is 58.9 Å². The lowest BCUT2D eigenvalue weighted by atomic mass is 10.0. The number of aldehydes is 1. The molecule has 30 heavy (non-hydrogen) atoms. The SMILES string of the molecule is C=C(N=C(ON)c1cc(CC(C)C)n(CC)n1)c1ccc(CC=O)c(C(F)(F)F)c1. The molecule has 6 nitrogen and oxygen atoms in total. The lowest BCUT2D eigenvalue weighted by Crippen LogP contribution is -2.14. The number of nitrogens with two attached hydrogens (primary N) is 1. The van der Waals surface area contributed by atoms with Gasteiger partial charge in [-0.05, 0) is 37.0 Å². The summed E-state index contributed by atoms with van der Waals surface area (Å²) in [6, 6.07) is 5.36. The van der Waals surface area contributed by atoms with Gasteiger partial charge in [-0.2, -0.15) is 24.2 Å². The largest absolute Gasteiger partial charge is 0.416 e. The van der Waals surface area contributed by atoms with Crippen molar-refractivity contribution in [3.8, 4) is 0 Å². The van der Waals surface area contributed by atoms with E-state index in [0.29, 0.717) is 24.4 Å². The molecule has 0 aliphatic rings. The first-order chi connectivity index (χ1) is 14.1. The number of carbonyl (C=O) groups excluding carboxylic acids is 1. The summed E-state index contributed by atoms with van der Waals surface area (Å²) < 4.78 is 41.9. The Hall–Kier alpha value is -2.94. The molecule has 2 aromatic rings. The van der Waals surface area contributed by atoms with Crippen molar-refractivity contribution in [1.29, 1.82) is 0 Å². The molecule has 1 heterocycles. The van der Waals surface area contributed by atoms with E-state index in [0.717, 1.165) is 18.2 Å². The highest BCUT2D eigenvalue weighted by molar-refractivity contribution is 5.95. The van der Waals surface area contributed by atoms with Crippen LogP contribution in [0, 0.1) is 5.92 Å². The fourth-order valence-electron chi connectivity index (χ4n) is 3.04. The molecule has 0 spiro atoms. The summed E-state index contributed by atoms with van der Waals surface area (Å²) in [6.07, 6.45) is -3.74. The average Bonchev–Trinajstić information content (AvgIpc) is 3.07. The van der Waals surface area contributed by atoms with Crippen molar-refractivity contribution in [2.45, 2.75) is 46.3 Å². The number of hydrogen-bond acceptors (Lipinski definition) is 5. The van der Waals surface area contributed by atoms with Crippen LogP contribution in [-0.4, -0.2) is 22.0 Å². The van der Waals surface area contributed by atoms with Crippen LogP contribution in [0.1, 0.15) is 48.8 Å². The van der Waals surface area contributed by atoms with Gasteiger partial charge in [-0.1, -0.05) is 32.6 Å². The number of aryl methyl sites for hydroxylation is 1. The summed E-state index contributed by atoms with van der Waals surface area (Å²) in [4.78, 5) is 19.7. The lowest BCUT2D eigenvalue weighted by Gasteiger charge is -2.13. The standard InChI is InChI=1S/C21H25F3N4O2/c1-5-28-17(10-13(2)3)12-19(27-28)20(30-25)26-14(4)16-7-6-15(8-9-29)18(11-16)21(22,23)24/h6-7,9,11-13H,4-5,8,10,25H2,1-3H3. The summed E-state index contributed by atoms with van der Waals surface area (Å²) in [5.41, 5.74) is 0.459. The summed E-state index contributed by atoms with van der Waals surface area (Å²) >= 11 is 0. The maximum Gasteiger partial charge on any atom is 0.416 e. The van der Waals surface area contributed by atoms with Gasteiger partial charge in [0.1, 0.15) is 12.0 Å². The molecule has 2 rings (SSSR count). The summed E-state index contributed by atoms with van der Waals surface area (Å²) in [5, 5.41) is 4.42. The quantitative estimate of drug-likeness (QED) is 0.300. The molecule has 2 N–H and O–H groups in total. The smallest absolute Gasteiger partial charge is 0.389 e. The van der Waals surface area contributed by atoms with Crippen molar-refractivity contribution < 1.29 is 22.8 Å². The van der Waals surface area contributed by atoms with Gasteiger partial charge < -0.3 is 9.63 Å². The zero-order chi connectivity index (χ0) is 22.5. The molecule has 1 aromatic carbocycles. The van der Waals surface area contributed by atoms with E-state index in [-0.39, 0.29) is 29.1 Å². The number of nitrogens with zero attached hydrogens (tertiary/aromatic N) is 3. The van der Waals surface area contributed by atoms with Crippen LogP contribution < -0.4 is 5.90 Å². The molecule has 0 unspecified atom stereocenters. The number of hydrogen-bond donors (Lipinski definition) is 1. The maximum absolute atomic E-state index is 13.4. The third kappa shape index (κ3) is 5.56. The monoisotopic (exact) mass is 422 g/mol. The molecule has 0 atom stereocenters. The second kappa shape index (κ2) is 9.71. The van der Waals surface area contributed by atoms with Gasteiger partial charge >= 0.3 is 6.18 Å². The summed E-state index contributed by atoms with van der Waals surface area (Å²) in [7, 11) is 0. The Morgan fingerprint density at radius 1 is 1.37 bits per heavy atom. The Morgan fingerprint density at radius 3 is 2.60 bits per heavy atom. The van der Waals surface area contributed by atoms with E-state index in [9.17, 15) is 18.0 Å². The van der Waals surface area contributed by atoms with Crippen molar-refractivity contribution in [2.24, 2.45) is 16.8 Å². The number of rotatable bonds is 8. The lowest BCUT2D eigenvalue weighted by molar-refractivity contribution is -0.138. The second-order valence-corrected chi connectivity index (χ2v) is 7.16. The fraction of sp³-hybridized carbons (Fsp3) is 0.381. The maximum atomic E-state index is 13.4. The predicted molar refractivity (Wildman–Crippen MR) is 108 cm³/mol. The van der Waals surface area contributed by atoms with Gasteiger partial charge in [0.2, 0.25) is 0 Å². The molecule has 0 fully saturated rings. The molecule has 0 amide bonds. The van der Waals surface area contributed by atoms with Crippen molar-refractivity contribution >= 4 is 17.9 Å². The van der Waals surface area contributed by atoms with Crippen LogP contribution in [0.4, 0.5) is 13.2 Å². The van der Waals surface area contributed by atoms with E-state index in [1.54, 1.807) is 10.7 Å². The highest BCUT2D eigenvalue weighted by atomic mass is 19.4. The van der Waals surface area contributed by atoms with Crippen molar-refractivity contribution in [2.75, 3.05) is 0 Å². The number of aromatic nitrogens is 2. The Morgan fingerprint density at radius 2 is 2.07 bits per heavy atom. The first-order valence-electron chi connectivity index (χ1n) is 9.46. The van der Waals surface area contributed by atoms with Gasteiger partial charge in [0.25, 0.3) is 5.90 Å². The van der Waals surface area contributed by atoms with E-state index in [2.05, 4.69) is 30.5 Å². The molecule has 162 valence electrons. The molecule has 0 bridgehead atoms. The van der Waals surface area contributed by atoms with Gasteiger partial charge in [-0.25, -0.2) is 4.99 Å². The normalized spacial score (nSPS) is 12.3. The molecular weight excluding hydrogens is 397 g/mol. The zero-order valence-corrected chi connectivity index (χ0v) is 17.2. The molecule has 0 saturated heterocycles. The number of aliphatic imine (C=N–C) groups is 1. The Kier molecular flexibility index (Phi) is 7.55. The molecule has 0 aliphatic carbocycles. The van der Waals surface area contributed by atoms with E-state index in [1.165, 1.54) is 12.1 Å². The van der Waals surface area contributed by atoms with Gasteiger partial charge in [-0.3, -0.25) is 4.68 Å². The summed E-state index contributed by atoms with van der Waals surface area (Å²) in [6.45, 7) is 10.5. The van der Waals surface area contributed by atoms with Crippen LogP contribution >= 0.6 is 0 Å². The van der Waals surface area contributed by atoms with Gasteiger partial charge in [0, 0.05) is 24.2 Å². The molecule has 1 aromatic heterocycles. The molecule has 0 aliphatic heterocycles. The molecular formula is C21H25F3N4O2. The number of benzene rings is 1. The van der Waals surface area contributed by atoms with Crippen LogP contribution in [0.15, 0.2) is 35.8 Å². The van der Waals surface area contributed by atoms with Crippen LogP contribution in [0.25, 0.3) is 5.70 Å². The van der Waals surface area contributed by atoms with E-state index < -0.39 is 11.7 Å². The number of carbonyl (C=O) groups is 1. The van der Waals surface area contributed by atoms with Gasteiger partial charge in [0.15, 0.2) is 0 Å². The second-order valence-electron chi connectivity index (χ2n) is 7.16. The average molecular weight is 422 g/mol. The predicted octanol–water partition coefficient (Wildman–Crippen LogP) is 4.17. The molecule has 9 heteroatoms. The van der Waals surface area contributed by atoms with E-state index in [4.69, 9.17) is 10.7 Å². The number of halogens is 3. The molecule has 0 saturated carbocycles. The van der Waals surface area contributed by atoms with E-state index >= 15 is 0 Å². The topological polar surface area (TPSA) is 82.5 Å². The van der Waals surface area contributed by atoms with Gasteiger partial charge in [-0.15, -0.1) is 0 Å². The Labute approximate surface area is 173 Å². The van der Waals surface area contributed by atoms with E-state index in [1.807, 2.05) is 6.92 Å². The Balaban J connectivity index is 2.42. The zero-order valence-electron chi connectivity index (χ0n) is 17.2. The van der Waals surface area contributed by atoms with Crippen molar-refractivity contribution in [3.63, 3.8) is 0 Å². The van der Waals surface area contributed by atoms with Crippen molar-refractivity contribution in [1.82, 2.24) is 9.78 Å². The number of alkyl halides is 3. The first-order valence-corrected chi connectivity index (χ1v) is 9.46. The first kappa shape index (κ1) is 23.3. The van der Waals surface area contributed by atoms with Crippen LogP contribution in [0.3, 0.4) is 0 Å². The minimum Gasteiger partial charge on any atom is -0.389 e. The summed E-state index contributed by atoms with van der Waals surface area (Å²) in [5.74, 6) is 5.71. The van der Waals surface area contributed by atoms with Crippen LogP contribution in [0.2, 0.25) is 0 Å². The highest BCUT2D eigenvalue weighted by Crippen LogP contribution is 2.34. The fourth-order valence-corrected chi connectivity index (χ4v) is 3.04. The molecule has 0 radical (unpaired) electrons. The Bertz CT molecular complexity index is 946. The third-order valence-corrected chi connectivity index (χ3v) is 4.40. The third-order valence-electron chi connectivity index (χ3n) is 4.40. The van der Waals surface area contributed by atoms with Crippen LogP contribution in [-0.2, 0) is 35.2 Å². The van der Waals surface area contributed by atoms with Crippen LogP contribution in [0.5, 0.6) is 0 Å². The minimum absolute atomic E-state index is 0.0232. The minimum atomic E-state index is -4.61.